The Hall–Kier alpha value is 0.160. The molecule has 1 unspecified atom stereocenters. The van der Waals surface area contributed by atoms with E-state index in [0.717, 1.165) is 19.4 Å². The fourth-order valence-electron chi connectivity index (χ4n) is 2.19. The van der Waals surface area contributed by atoms with Crippen LogP contribution in [0.3, 0.4) is 0 Å². The third-order valence-electron chi connectivity index (χ3n) is 3.03. The average Bonchev–Trinajstić information content (AvgIpc) is 2.95. The summed E-state index contributed by atoms with van der Waals surface area (Å²) in [4.78, 5) is 4.55. The third kappa shape index (κ3) is 4.58. The van der Waals surface area contributed by atoms with Crippen LogP contribution in [-0.4, -0.2) is 14.3 Å². The molecule has 0 aromatic carbocycles. The van der Waals surface area contributed by atoms with Gasteiger partial charge in [-0.05, 0) is 41.4 Å². The molecule has 1 aromatic heterocycles. The van der Waals surface area contributed by atoms with Crippen molar-refractivity contribution in [3.63, 3.8) is 0 Å². The minimum atomic E-state index is 0.192. The van der Waals surface area contributed by atoms with Crippen molar-refractivity contribution in [2.75, 3.05) is 0 Å². The molecule has 0 amide bonds. The van der Waals surface area contributed by atoms with E-state index in [1.54, 1.807) is 20.9 Å². The molecule has 0 spiro atoms. The summed E-state index contributed by atoms with van der Waals surface area (Å²) in [6, 6.07) is 0.245. The van der Waals surface area contributed by atoms with Gasteiger partial charge in [-0.25, -0.2) is 4.98 Å². The van der Waals surface area contributed by atoms with Gasteiger partial charge >= 0.3 is 0 Å². The van der Waals surface area contributed by atoms with Crippen LogP contribution in [0.2, 0.25) is 0 Å². The summed E-state index contributed by atoms with van der Waals surface area (Å²) in [5, 5.41) is 3.08. The molecule has 1 atom stereocenters. The van der Waals surface area contributed by atoms with Crippen LogP contribution in [0.4, 0.5) is 0 Å². The molecule has 110 valence electrons. The van der Waals surface area contributed by atoms with Crippen molar-refractivity contribution < 1.29 is 0 Å². The predicted octanol–water partition coefficient (Wildman–Crippen LogP) is 4.34. The zero-order chi connectivity index (χ0) is 14.6. The van der Waals surface area contributed by atoms with Crippen LogP contribution in [-0.2, 0) is 13.0 Å². The van der Waals surface area contributed by atoms with Gasteiger partial charge in [0.25, 0.3) is 0 Å². The van der Waals surface area contributed by atoms with E-state index in [4.69, 9.17) is 0 Å². The number of imidazole rings is 1. The van der Waals surface area contributed by atoms with E-state index in [0.29, 0.717) is 0 Å². The van der Waals surface area contributed by atoms with E-state index in [1.807, 2.05) is 6.20 Å². The number of aromatic nitrogens is 2. The van der Waals surface area contributed by atoms with E-state index >= 15 is 0 Å². The number of fused-ring (bicyclic) bond motifs is 1. The Labute approximate surface area is 142 Å². The second-order valence-electron chi connectivity index (χ2n) is 5.80. The van der Waals surface area contributed by atoms with Crippen LogP contribution in [0.5, 0.6) is 0 Å². The lowest BCUT2D eigenvalue weighted by atomic mass is 10.2. The first-order chi connectivity index (χ1) is 9.51. The van der Waals surface area contributed by atoms with E-state index < -0.39 is 0 Å². The molecular weight excluding hydrogens is 401 g/mol. The highest BCUT2D eigenvalue weighted by atomic mass is 127. The highest BCUT2D eigenvalue weighted by Gasteiger charge is 2.23. The lowest BCUT2D eigenvalue weighted by Gasteiger charge is -2.23. The van der Waals surface area contributed by atoms with Crippen LogP contribution in [0.15, 0.2) is 6.20 Å². The Balaban J connectivity index is 2.12. The smallest absolute Gasteiger partial charge is 0.108 e. The van der Waals surface area contributed by atoms with E-state index in [1.165, 1.54) is 17.9 Å². The minimum Gasteiger partial charge on any atom is -0.331 e. The first-order valence-corrected chi connectivity index (χ1v) is 10.9. The topological polar surface area (TPSA) is 29.9 Å². The summed E-state index contributed by atoms with van der Waals surface area (Å²) >= 11 is 3.99. The Morgan fingerprint density at radius 3 is 3.05 bits per heavy atom. The van der Waals surface area contributed by atoms with Gasteiger partial charge in [-0.1, -0.05) is 17.9 Å². The van der Waals surface area contributed by atoms with Gasteiger partial charge in [-0.15, -0.1) is 0 Å². The number of hydrogen-bond acceptors (Lipinski definition) is 4. The molecule has 0 saturated heterocycles. The van der Waals surface area contributed by atoms with Crippen molar-refractivity contribution in [3.05, 3.63) is 17.7 Å². The van der Waals surface area contributed by atoms with Gasteiger partial charge in [0.05, 0.1) is 17.9 Å². The first kappa shape index (κ1) is 16.5. The van der Waals surface area contributed by atoms with Gasteiger partial charge in [0.1, 0.15) is 5.82 Å². The minimum absolute atomic E-state index is 0.192. The lowest BCUT2D eigenvalue weighted by molar-refractivity contribution is 0.602. The second-order valence-corrected chi connectivity index (χ2v) is 9.14. The molecule has 0 fully saturated rings. The summed E-state index contributed by atoms with van der Waals surface area (Å²) < 4.78 is 6.15. The zero-order valence-electron chi connectivity index (χ0n) is 12.1. The summed E-state index contributed by atoms with van der Waals surface area (Å²) in [5.74, 6) is 4.47. The van der Waals surface area contributed by atoms with Crippen molar-refractivity contribution in [1.82, 2.24) is 14.3 Å². The molecule has 0 radical (unpaired) electrons. The Morgan fingerprint density at radius 1 is 1.55 bits per heavy atom. The van der Waals surface area contributed by atoms with Crippen molar-refractivity contribution in [2.24, 2.45) is 0 Å². The SMILES string of the molecule is CC(C)(C)SNC(CC#CSI)c1cnc2n1CCC2. The van der Waals surface area contributed by atoms with E-state index in [-0.39, 0.29) is 10.8 Å². The lowest BCUT2D eigenvalue weighted by Crippen LogP contribution is -2.23. The number of aryl methyl sites for hydroxylation is 1. The fraction of sp³-hybridized carbons (Fsp3) is 0.643. The Bertz CT molecular complexity index is 511. The molecule has 0 aliphatic carbocycles. The molecule has 0 saturated carbocycles. The highest BCUT2D eigenvalue weighted by Crippen LogP contribution is 2.28. The normalized spacial score (nSPS) is 15.6. The highest BCUT2D eigenvalue weighted by molar-refractivity contribution is 14.2. The summed E-state index contributed by atoms with van der Waals surface area (Å²) in [6.45, 7) is 7.75. The van der Waals surface area contributed by atoms with Crippen LogP contribution in [0, 0.1) is 11.2 Å². The largest absolute Gasteiger partial charge is 0.331 e. The monoisotopic (exact) mass is 421 g/mol. The number of hydrogen-bond donors (Lipinski definition) is 1. The van der Waals surface area contributed by atoms with Gasteiger partial charge in [0, 0.05) is 45.3 Å². The summed E-state index contributed by atoms with van der Waals surface area (Å²) in [6.07, 6.45) is 5.16. The van der Waals surface area contributed by atoms with Gasteiger partial charge in [0.2, 0.25) is 0 Å². The van der Waals surface area contributed by atoms with Crippen LogP contribution >= 0.6 is 42.1 Å². The van der Waals surface area contributed by atoms with E-state index in [2.05, 4.69) is 67.4 Å². The summed E-state index contributed by atoms with van der Waals surface area (Å²) in [7, 11) is 1.54. The van der Waals surface area contributed by atoms with Gasteiger partial charge in [-0.3, -0.25) is 4.72 Å². The molecule has 1 N–H and O–H groups in total. The Kier molecular flexibility index (Phi) is 6.14. The molecular formula is C14H20IN3S2. The van der Waals surface area contributed by atoms with Crippen molar-refractivity contribution in [3.8, 4) is 11.2 Å². The Morgan fingerprint density at radius 2 is 2.35 bits per heavy atom. The number of halogens is 1. The molecule has 0 bridgehead atoms. The molecule has 1 aliphatic heterocycles. The van der Waals surface area contributed by atoms with Crippen LogP contribution in [0.25, 0.3) is 0 Å². The average molecular weight is 421 g/mol. The maximum absolute atomic E-state index is 4.55. The molecule has 6 heteroatoms. The molecule has 2 rings (SSSR count). The maximum atomic E-state index is 4.55. The number of nitrogens with one attached hydrogen (secondary N) is 1. The maximum Gasteiger partial charge on any atom is 0.108 e. The standard InChI is InChI=1S/C14H20IN3S2/c1-14(2,3)20-17-11(6-5-9-19-15)12-10-16-13-7-4-8-18(12)13/h10-11,17H,4,6-8H2,1-3H3. The van der Waals surface area contributed by atoms with Gasteiger partial charge < -0.3 is 4.57 Å². The molecule has 3 nitrogen and oxygen atoms in total. The molecule has 1 aromatic rings. The molecule has 20 heavy (non-hydrogen) atoms. The van der Waals surface area contributed by atoms with Crippen molar-refractivity contribution in [2.45, 2.75) is 57.4 Å². The van der Waals surface area contributed by atoms with Gasteiger partial charge in [0.15, 0.2) is 0 Å². The molecule has 1 aliphatic rings. The van der Waals surface area contributed by atoms with Crippen LogP contribution < -0.4 is 4.72 Å². The predicted molar refractivity (Wildman–Crippen MR) is 97.8 cm³/mol. The molecule has 2 heterocycles. The number of rotatable bonds is 4. The fourth-order valence-corrected chi connectivity index (χ4v) is 3.49. The van der Waals surface area contributed by atoms with Crippen molar-refractivity contribution in [1.29, 1.82) is 0 Å². The quantitative estimate of drug-likeness (QED) is 0.445. The number of nitrogens with zero attached hydrogens (tertiary/aromatic N) is 2. The first-order valence-electron chi connectivity index (χ1n) is 6.74. The van der Waals surface area contributed by atoms with Gasteiger partial charge in [-0.2, -0.15) is 0 Å². The van der Waals surface area contributed by atoms with E-state index in [9.17, 15) is 0 Å². The second kappa shape index (κ2) is 7.43. The van der Waals surface area contributed by atoms with Crippen molar-refractivity contribution >= 4 is 42.1 Å². The summed E-state index contributed by atoms with van der Waals surface area (Å²) in [5.41, 5.74) is 1.28. The zero-order valence-corrected chi connectivity index (χ0v) is 15.9. The third-order valence-corrected chi connectivity index (χ3v) is 4.93. The van der Waals surface area contributed by atoms with Crippen LogP contribution in [0.1, 0.15) is 51.2 Å².